The van der Waals surface area contributed by atoms with Gasteiger partial charge in [0.25, 0.3) is 0 Å². The van der Waals surface area contributed by atoms with Gasteiger partial charge in [-0.05, 0) is 43.5 Å². The van der Waals surface area contributed by atoms with Gasteiger partial charge < -0.3 is 11.5 Å². The lowest BCUT2D eigenvalue weighted by Gasteiger charge is -2.23. The minimum absolute atomic E-state index is 0.115. The molecule has 4 heteroatoms. The summed E-state index contributed by atoms with van der Waals surface area (Å²) in [6, 6.07) is 5.79. The van der Waals surface area contributed by atoms with Crippen molar-refractivity contribution in [3.05, 3.63) is 29.3 Å². The molecule has 4 N–H and O–H groups in total. The molecule has 17 heavy (non-hydrogen) atoms. The molecule has 1 aromatic rings. The van der Waals surface area contributed by atoms with Crippen molar-refractivity contribution in [3.8, 4) is 0 Å². The van der Waals surface area contributed by atoms with Gasteiger partial charge >= 0.3 is 0 Å². The third-order valence-electron chi connectivity index (χ3n) is 3.55. The van der Waals surface area contributed by atoms with E-state index in [2.05, 4.69) is 11.0 Å². The Balaban J connectivity index is 2.15. The SMILES string of the molecule is Cc1c(N)cccc1CN1CCCC1C(N)=O. The Labute approximate surface area is 102 Å². The van der Waals surface area contributed by atoms with E-state index in [-0.39, 0.29) is 11.9 Å². The molecule has 1 saturated heterocycles. The van der Waals surface area contributed by atoms with E-state index in [1.807, 2.05) is 19.1 Å². The van der Waals surface area contributed by atoms with Crippen LogP contribution in [0.25, 0.3) is 0 Å². The molecule has 0 aromatic heterocycles. The fourth-order valence-electron chi connectivity index (χ4n) is 2.43. The van der Waals surface area contributed by atoms with Crippen molar-refractivity contribution in [3.63, 3.8) is 0 Å². The summed E-state index contributed by atoms with van der Waals surface area (Å²) in [4.78, 5) is 13.5. The zero-order chi connectivity index (χ0) is 12.4. The molecule has 0 spiro atoms. The van der Waals surface area contributed by atoms with Crippen LogP contribution in [0.3, 0.4) is 0 Å². The molecule has 1 fully saturated rings. The molecule has 1 aromatic carbocycles. The maximum atomic E-state index is 11.3. The van der Waals surface area contributed by atoms with E-state index in [1.165, 1.54) is 5.56 Å². The van der Waals surface area contributed by atoms with Crippen molar-refractivity contribution < 1.29 is 4.79 Å². The number of carbonyl (C=O) groups excluding carboxylic acids is 1. The number of carbonyl (C=O) groups is 1. The van der Waals surface area contributed by atoms with Gasteiger partial charge in [0.15, 0.2) is 0 Å². The number of hydrogen-bond acceptors (Lipinski definition) is 3. The van der Waals surface area contributed by atoms with E-state index < -0.39 is 0 Å². The first-order chi connectivity index (χ1) is 8.09. The fraction of sp³-hybridized carbons (Fsp3) is 0.462. The van der Waals surface area contributed by atoms with Crippen LogP contribution in [0.15, 0.2) is 18.2 Å². The van der Waals surface area contributed by atoms with Gasteiger partial charge in [0.05, 0.1) is 6.04 Å². The highest BCUT2D eigenvalue weighted by Crippen LogP contribution is 2.23. The summed E-state index contributed by atoms with van der Waals surface area (Å²) in [6.07, 6.45) is 1.91. The molecule has 1 heterocycles. The molecular formula is C13H19N3O. The second-order valence-corrected chi connectivity index (χ2v) is 4.66. The molecule has 2 rings (SSSR count). The zero-order valence-electron chi connectivity index (χ0n) is 10.1. The Kier molecular flexibility index (Phi) is 3.33. The minimum Gasteiger partial charge on any atom is -0.399 e. The molecule has 0 radical (unpaired) electrons. The summed E-state index contributed by atoms with van der Waals surface area (Å²) < 4.78 is 0. The van der Waals surface area contributed by atoms with Gasteiger partial charge in [-0.1, -0.05) is 12.1 Å². The fourth-order valence-corrected chi connectivity index (χ4v) is 2.43. The van der Waals surface area contributed by atoms with Crippen molar-refractivity contribution in [1.82, 2.24) is 4.90 Å². The predicted octanol–water partition coefficient (Wildman–Crippen LogP) is 1.03. The van der Waals surface area contributed by atoms with E-state index in [9.17, 15) is 4.79 Å². The Morgan fingerprint density at radius 3 is 3.00 bits per heavy atom. The van der Waals surface area contributed by atoms with Gasteiger partial charge in [-0.2, -0.15) is 0 Å². The van der Waals surface area contributed by atoms with Crippen molar-refractivity contribution >= 4 is 11.6 Å². The third kappa shape index (κ3) is 2.42. The Bertz CT molecular complexity index is 431. The first-order valence-corrected chi connectivity index (χ1v) is 5.97. The number of rotatable bonds is 3. The van der Waals surface area contributed by atoms with Crippen LogP contribution in [0.1, 0.15) is 24.0 Å². The highest BCUT2D eigenvalue weighted by atomic mass is 16.1. The summed E-state index contributed by atoms with van der Waals surface area (Å²) in [5.41, 5.74) is 14.4. The normalized spacial score (nSPS) is 20.6. The van der Waals surface area contributed by atoms with Crippen LogP contribution in [0.4, 0.5) is 5.69 Å². The maximum absolute atomic E-state index is 11.3. The van der Waals surface area contributed by atoms with Gasteiger partial charge in [-0.3, -0.25) is 9.69 Å². The first-order valence-electron chi connectivity index (χ1n) is 5.97. The number of benzene rings is 1. The van der Waals surface area contributed by atoms with Crippen LogP contribution in [0, 0.1) is 6.92 Å². The van der Waals surface area contributed by atoms with E-state index in [1.54, 1.807) is 0 Å². The van der Waals surface area contributed by atoms with Gasteiger partial charge in [0.1, 0.15) is 0 Å². The number of nitrogens with two attached hydrogens (primary N) is 2. The minimum atomic E-state index is -0.218. The van der Waals surface area contributed by atoms with Crippen molar-refractivity contribution in [1.29, 1.82) is 0 Å². The molecule has 92 valence electrons. The van der Waals surface area contributed by atoms with Crippen LogP contribution in [0.2, 0.25) is 0 Å². The average Bonchev–Trinajstić information content (AvgIpc) is 2.73. The summed E-state index contributed by atoms with van der Waals surface area (Å²) in [6.45, 7) is 3.70. The maximum Gasteiger partial charge on any atom is 0.234 e. The number of likely N-dealkylation sites (tertiary alicyclic amines) is 1. The smallest absolute Gasteiger partial charge is 0.234 e. The Morgan fingerprint density at radius 1 is 1.53 bits per heavy atom. The van der Waals surface area contributed by atoms with Gasteiger partial charge in [-0.15, -0.1) is 0 Å². The van der Waals surface area contributed by atoms with Gasteiger partial charge in [0.2, 0.25) is 5.91 Å². The highest BCUT2D eigenvalue weighted by molar-refractivity contribution is 5.80. The zero-order valence-corrected chi connectivity index (χ0v) is 10.1. The molecule has 0 saturated carbocycles. The average molecular weight is 233 g/mol. The third-order valence-corrected chi connectivity index (χ3v) is 3.55. The van der Waals surface area contributed by atoms with Crippen molar-refractivity contribution in [2.24, 2.45) is 5.73 Å². The van der Waals surface area contributed by atoms with Crippen LogP contribution in [-0.4, -0.2) is 23.4 Å². The summed E-state index contributed by atoms with van der Waals surface area (Å²) in [5.74, 6) is -0.218. The van der Waals surface area contributed by atoms with E-state index >= 15 is 0 Å². The largest absolute Gasteiger partial charge is 0.399 e. The second-order valence-electron chi connectivity index (χ2n) is 4.66. The van der Waals surface area contributed by atoms with E-state index in [0.717, 1.165) is 37.2 Å². The lowest BCUT2D eigenvalue weighted by Crippen LogP contribution is -2.39. The topological polar surface area (TPSA) is 72.3 Å². The molecule has 1 unspecified atom stereocenters. The first kappa shape index (κ1) is 11.9. The van der Waals surface area contributed by atoms with E-state index in [0.29, 0.717) is 0 Å². The Hall–Kier alpha value is -1.55. The van der Waals surface area contributed by atoms with Crippen LogP contribution >= 0.6 is 0 Å². The van der Waals surface area contributed by atoms with Crippen molar-refractivity contribution in [2.75, 3.05) is 12.3 Å². The van der Waals surface area contributed by atoms with Crippen molar-refractivity contribution in [2.45, 2.75) is 32.4 Å². The second kappa shape index (κ2) is 4.75. The number of nitrogens with zero attached hydrogens (tertiary/aromatic N) is 1. The quantitative estimate of drug-likeness (QED) is 0.766. The number of nitrogen functional groups attached to an aromatic ring is 1. The summed E-state index contributed by atoms with van der Waals surface area (Å²) >= 11 is 0. The molecule has 0 aliphatic carbocycles. The van der Waals surface area contributed by atoms with Crippen LogP contribution < -0.4 is 11.5 Å². The molecule has 1 aliphatic heterocycles. The van der Waals surface area contributed by atoms with E-state index in [4.69, 9.17) is 11.5 Å². The number of anilines is 1. The standard InChI is InChI=1S/C13H19N3O/c1-9-10(4-2-5-11(9)14)8-16-7-3-6-12(16)13(15)17/h2,4-5,12H,3,6-8,14H2,1H3,(H2,15,17). The lowest BCUT2D eigenvalue weighted by molar-refractivity contribution is -0.122. The van der Waals surface area contributed by atoms with Crippen LogP contribution in [-0.2, 0) is 11.3 Å². The molecule has 1 atom stereocenters. The number of amides is 1. The summed E-state index contributed by atoms with van der Waals surface area (Å²) in [7, 11) is 0. The van der Waals surface area contributed by atoms with Gasteiger partial charge in [0, 0.05) is 12.2 Å². The Morgan fingerprint density at radius 2 is 2.29 bits per heavy atom. The molecule has 1 amide bonds. The van der Waals surface area contributed by atoms with Crippen LogP contribution in [0.5, 0.6) is 0 Å². The molecular weight excluding hydrogens is 214 g/mol. The molecule has 0 bridgehead atoms. The summed E-state index contributed by atoms with van der Waals surface area (Å²) in [5, 5.41) is 0. The monoisotopic (exact) mass is 233 g/mol. The van der Waals surface area contributed by atoms with Gasteiger partial charge in [-0.25, -0.2) is 0 Å². The molecule has 4 nitrogen and oxygen atoms in total. The number of hydrogen-bond donors (Lipinski definition) is 2. The molecule has 1 aliphatic rings. The highest BCUT2D eigenvalue weighted by Gasteiger charge is 2.28. The lowest BCUT2D eigenvalue weighted by atomic mass is 10.1. The number of primary amides is 1. The predicted molar refractivity (Wildman–Crippen MR) is 68.2 cm³/mol.